The van der Waals surface area contributed by atoms with Crippen LogP contribution in [0.2, 0.25) is 0 Å². The van der Waals surface area contributed by atoms with Crippen LogP contribution in [-0.4, -0.2) is 26.6 Å². The maximum atomic E-state index is 12.2. The molecule has 0 saturated carbocycles. The SMILES string of the molecule is Cc1cccn2c(=O)cc(CNC3CC(C)(C)OC3(C)C)nc12. The maximum Gasteiger partial charge on any atom is 0.258 e. The van der Waals surface area contributed by atoms with E-state index in [-0.39, 0.29) is 22.8 Å². The van der Waals surface area contributed by atoms with Crippen molar-refractivity contribution in [1.29, 1.82) is 0 Å². The molecule has 1 saturated heterocycles. The van der Waals surface area contributed by atoms with Crippen LogP contribution in [0.5, 0.6) is 0 Å². The first kappa shape index (κ1) is 16.1. The summed E-state index contributed by atoms with van der Waals surface area (Å²) in [5.74, 6) is 0. The predicted molar refractivity (Wildman–Crippen MR) is 90.7 cm³/mol. The van der Waals surface area contributed by atoms with Crippen LogP contribution in [-0.2, 0) is 11.3 Å². The Morgan fingerprint density at radius 1 is 1.39 bits per heavy atom. The summed E-state index contributed by atoms with van der Waals surface area (Å²) in [7, 11) is 0. The lowest BCUT2D eigenvalue weighted by atomic mass is 9.94. The van der Waals surface area contributed by atoms with Crippen molar-refractivity contribution >= 4 is 5.65 Å². The van der Waals surface area contributed by atoms with Gasteiger partial charge in [-0.15, -0.1) is 0 Å². The molecule has 1 aliphatic heterocycles. The lowest BCUT2D eigenvalue weighted by molar-refractivity contribution is -0.0699. The molecular formula is C18H25N3O2. The molecular weight excluding hydrogens is 290 g/mol. The number of ether oxygens (including phenoxy) is 1. The van der Waals surface area contributed by atoms with Crippen LogP contribution < -0.4 is 10.9 Å². The number of nitrogens with zero attached hydrogens (tertiary/aromatic N) is 2. The number of nitrogens with one attached hydrogen (secondary N) is 1. The molecule has 1 N–H and O–H groups in total. The maximum absolute atomic E-state index is 12.2. The molecule has 0 amide bonds. The largest absolute Gasteiger partial charge is 0.368 e. The average Bonchev–Trinajstić information content (AvgIpc) is 2.65. The molecule has 0 spiro atoms. The molecule has 2 aromatic heterocycles. The first-order chi connectivity index (χ1) is 10.7. The van der Waals surface area contributed by atoms with Crippen molar-refractivity contribution in [1.82, 2.24) is 14.7 Å². The zero-order valence-electron chi connectivity index (χ0n) is 14.5. The van der Waals surface area contributed by atoms with Crippen molar-refractivity contribution in [3.05, 3.63) is 46.0 Å². The number of hydrogen-bond acceptors (Lipinski definition) is 4. The van der Waals surface area contributed by atoms with E-state index in [1.165, 1.54) is 0 Å². The Morgan fingerprint density at radius 2 is 2.13 bits per heavy atom. The Morgan fingerprint density at radius 3 is 2.78 bits per heavy atom. The van der Waals surface area contributed by atoms with Gasteiger partial charge in [-0.2, -0.15) is 0 Å². The molecule has 2 aromatic rings. The van der Waals surface area contributed by atoms with E-state index in [0.717, 1.165) is 23.3 Å². The summed E-state index contributed by atoms with van der Waals surface area (Å²) < 4.78 is 7.69. The molecule has 0 aromatic carbocycles. The van der Waals surface area contributed by atoms with Gasteiger partial charge in [0.25, 0.3) is 5.56 Å². The van der Waals surface area contributed by atoms with E-state index in [1.807, 2.05) is 19.1 Å². The molecule has 1 fully saturated rings. The van der Waals surface area contributed by atoms with Gasteiger partial charge in [-0.3, -0.25) is 9.20 Å². The summed E-state index contributed by atoms with van der Waals surface area (Å²) in [6, 6.07) is 5.67. The highest BCUT2D eigenvalue weighted by atomic mass is 16.5. The van der Waals surface area contributed by atoms with E-state index in [9.17, 15) is 4.79 Å². The minimum atomic E-state index is -0.231. The molecule has 5 nitrogen and oxygen atoms in total. The molecule has 0 radical (unpaired) electrons. The Bertz CT molecular complexity index is 792. The van der Waals surface area contributed by atoms with Gasteiger partial charge in [0, 0.05) is 24.8 Å². The van der Waals surface area contributed by atoms with Crippen LogP contribution in [0.3, 0.4) is 0 Å². The van der Waals surface area contributed by atoms with Crippen molar-refractivity contribution in [2.45, 2.75) is 64.8 Å². The number of pyridine rings is 1. The van der Waals surface area contributed by atoms with Crippen LogP contribution in [0.1, 0.15) is 45.4 Å². The Hall–Kier alpha value is -1.72. The van der Waals surface area contributed by atoms with Crippen molar-refractivity contribution in [2.24, 2.45) is 0 Å². The van der Waals surface area contributed by atoms with Gasteiger partial charge >= 0.3 is 0 Å². The van der Waals surface area contributed by atoms with Gasteiger partial charge in [-0.25, -0.2) is 4.98 Å². The third kappa shape index (κ3) is 3.16. The second-order valence-corrected chi connectivity index (χ2v) is 7.57. The average molecular weight is 315 g/mol. The molecule has 5 heteroatoms. The van der Waals surface area contributed by atoms with Gasteiger partial charge in [0.2, 0.25) is 0 Å². The fourth-order valence-corrected chi connectivity index (χ4v) is 3.51. The smallest absolute Gasteiger partial charge is 0.258 e. The quantitative estimate of drug-likeness (QED) is 0.945. The summed E-state index contributed by atoms with van der Waals surface area (Å²) in [5.41, 5.74) is 2.08. The fourth-order valence-electron chi connectivity index (χ4n) is 3.51. The van der Waals surface area contributed by atoms with E-state index in [4.69, 9.17) is 4.74 Å². The number of aryl methyl sites for hydroxylation is 1. The summed E-state index contributed by atoms with van der Waals surface area (Å²) >= 11 is 0. The lowest BCUT2D eigenvalue weighted by Gasteiger charge is -2.27. The Balaban J connectivity index is 1.83. The number of hydrogen-bond donors (Lipinski definition) is 1. The lowest BCUT2D eigenvalue weighted by Crippen LogP contribution is -2.43. The molecule has 0 bridgehead atoms. The Labute approximate surface area is 136 Å². The van der Waals surface area contributed by atoms with Crippen LogP contribution in [0.4, 0.5) is 0 Å². The second-order valence-electron chi connectivity index (χ2n) is 7.57. The molecule has 3 heterocycles. The van der Waals surface area contributed by atoms with Crippen LogP contribution in [0.25, 0.3) is 5.65 Å². The zero-order valence-corrected chi connectivity index (χ0v) is 14.5. The Kier molecular flexibility index (Phi) is 3.81. The monoisotopic (exact) mass is 315 g/mol. The highest BCUT2D eigenvalue weighted by Gasteiger charge is 2.45. The number of rotatable bonds is 3. The topological polar surface area (TPSA) is 55.6 Å². The van der Waals surface area contributed by atoms with Gasteiger partial charge in [0.15, 0.2) is 0 Å². The molecule has 3 rings (SSSR count). The molecule has 1 atom stereocenters. The summed E-state index contributed by atoms with van der Waals surface area (Å²) in [5, 5.41) is 3.52. The first-order valence-corrected chi connectivity index (χ1v) is 8.09. The van der Waals surface area contributed by atoms with Crippen LogP contribution in [0.15, 0.2) is 29.2 Å². The molecule has 1 unspecified atom stereocenters. The number of fused-ring (bicyclic) bond motifs is 1. The highest BCUT2D eigenvalue weighted by molar-refractivity contribution is 5.46. The molecule has 124 valence electrons. The normalized spacial score (nSPS) is 22.6. The highest BCUT2D eigenvalue weighted by Crippen LogP contribution is 2.37. The van der Waals surface area contributed by atoms with E-state index in [1.54, 1.807) is 16.7 Å². The van der Waals surface area contributed by atoms with Gasteiger partial charge in [-0.1, -0.05) is 6.07 Å². The fraction of sp³-hybridized carbons (Fsp3) is 0.556. The van der Waals surface area contributed by atoms with E-state index >= 15 is 0 Å². The van der Waals surface area contributed by atoms with E-state index in [2.05, 4.69) is 38.0 Å². The number of aromatic nitrogens is 2. The minimum Gasteiger partial charge on any atom is -0.368 e. The van der Waals surface area contributed by atoms with Gasteiger partial charge < -0.3 is 10.1 Å². The third-order valence-corrected chi connectivity index (χ3v) is 4.54. The predicted octanol–water partition coefficient (Wildman–Crippen LogP) is 2.44. The van der Waals surface area contributed by atoms with Crippen molar-refractivity contribution in [2.75, 3.05) is 0 Å². The van der Waals surface area contributed by atoms with Crippen molar-refractivity contribution in [3.8, 4) is 0 Å². The third-order valence-electron chi connectivity index (χ3n) is 4.54. The summed E-state index contributed by atoms with van der Waals surface area (Å²) in [6.45, 7) is 11.0. The van der Waals surface area contributed by atoms with E-state index < -0.39 is 0 Å². The van der Waals surface area contributed by atoms with Gasteiger partial charge in [-0.05, 0) is 52.7 Å². The van der Waals surface area contributed by atoms with Gasteiger partial charge in [0.05, 0.1) is 16.9 Å². The molecule has 0 aliphatic carbocycles. The van der Waals surface area contributed by atoms with Crippen LogP contribution >= 0.6 is 0 Å². The van der Waals surface area contributed by atoms with Gasteiger partial charge in [0.1, 0.15) is 5.65 Å². The minimum absolute atomic E-state index is 0.0437. The zero-order chi connectivity index (χ0) is 16.8. The molecule has 1 aliphatic rings. The second kappa shape index (κ2) is 5.42. The van der Waals surface area contributed by atoms with E-state index in [0.29, 0.717) is 6.54 Å². The van der Waals surface area contributed by atoms with Crippen LogP contribution in [0, 0.1) is 6.92 Å². The summed E-state index contributed by atoms with van der Waals surface area (Å²) in [4.78, 5) is 16.9. The van der Waals surface area contributed by atoms with Crippen molar-refractivity contribution in [3.63, 3.8) is 0 Å². The first-order valence-electron chi connectivity index (χ1n) is 8.09. The van der Waals surface area contributed by atoms with Crippen molar-refractivity contribution < 1.29 is 4.74 Å². The standard InChI is InChI=1S/C18H25N3O2/c1-12-7-6-8-21-15(22)9-13(20-16(12)21)11-19-14-10-17(2,3)23-18(14,4)5/h6-9,14,19H,10-11H2,1-5H3. The molecule has 23 heavy (non-hydrogen) atoms. The summed E-state index contributed by atoms with van der Waals surface area (Å²) in [6.07, 6.45) is 2.69.